The third-order valence-electron chi connectivity index (χ3n) is 8.19. The summed E-state index contributed by atoms with van der Waals surface area (Å²) >= 11 is 0. The number of oxazole rings is 1. The van der Waals surface area contributed by atoms with Crippen LogP contribution in [-0.2, 0) is 37.1 Å². The van der Waals surface area contributed by atoms with Crippen LogP contribution < -0.4 is 5.32 Å². The Kier molecular flexibility index (Phi) is 11.2. The SMILES string of the molecule is CC(C)Cc1nc(-c2ccc(S(=O)(=O)N(CC(C)C)C[C@@H](O)[C@H](Cc3ccccc3)NC(=O)O[C@H]3CO[C@H]4OCC[C@H]43)cc2)co1. The molecule has 2 fully saturated rings. The Bertz CT molecular complexity index is 1530. The van der Waals surface area contributed by atoms with Gasteiger partial charge in [-0.3, -0.25) is 0 Å². The maximum Gasteiger partial charge on any atom is 0.407 e. The molecule has 0 saturated carbocycles. The van der Waals surface area contributed by atoms with Gasteiger partial charge in [0.2, 0.25) is 10.0 Å². The van der Waals surface area contributed by atoms with Gasteiger partial charge in [-0.05, 0) is 42.4 Å². The van der Waals surface area contributed by atoms with E-state index in [2.05, 4.69) is 24.1 Å². The number of aliphatic hydroxyl groups is 1. The second kappa shape index (κ2) is 15.1. The number of rotatable bonds is 14. The Balaban J connectivity index is 1.31. The van der Waals surface area contributed by atoms with Crippen LogP contribution in [0.15, 0.2) is 70.2 Å². The van der Waals surface area contributed by atoms with Crippen LogP contribution in [0.1, 0.15) is 45.6 Å². The molecule has 250 valence electrons. The van der Waals surface area contributed by atoms with Crippen LogP contribution in [0.25, 0.3) is 11.3 Å². The molecule has 0 spiro atoms. The van der Waals surface area contributed by atoms with Crippen molar-refractivity contribution in [2.45, 2.75) is 76.4 Å². The van der Waals surface area contributed by atoms with Gasteiger partial charge in [0.25, 0.3) is 0 Å². The lowest BCUT2D eigenvalue weighted by Crippen LogP contribution is -2.51. The number of carbonyl (C=O) groups is 1. The van der Waals surface area contributed by atoms with Gasteiger partial charge in [-0.15, -0.1) is 0 Å². The largest absolute Gasteiger partial charge is 0.448 e. The highest BCUT2D eigenvalue weighted by Crippen LogP contribution is 2.33. The molecule has 0 bridgehead atoms. The van der Waals surface area contributed by atoms with Gasteiger partial charge in [-0.1, -0.05) is 70.2 Å². The van der Waals surface area contributed by atoms with Crippen LogP contribution in [0.4, 0.5) is 4.79 Å². The summed E-state index contributed by atoms with van der Waals surface area (Å²) < 4.78 is 51.6. The van der Waals surface area contributed by atoms with E-state index in [0.717, 1.165) is 17.5 Å². The minimum atomic E-state index is -4.01. The molecule has 3 heterocycles. The van der Waals surface area contributed by atoms with Gasteiger partial charge in [0, 0.05) is 25.1 Å². The fraction of sp³-hybridized carbons (Fsp3) is 0.529. The normalized spacial score (nSPS) is 21.1. The first-order valence-electron chi connectivity index (χ1n) is 16.0. The molecule has 12 heteroatoms. The van der Waals surface area contributed by atoms with E-state index in [1.165, 1.54) is 4.31 Å². The standard InChI is InChI=1S/C34H45N3O8S/c1-22(2)16-32-35-29(20-43-32)25-10-12-26(13-11-25)46(40,41)37(18-23(3)4)19-30(38)28(17-24-8-6-5-7-9-24)36-34(39)45-31-21-44-33-27(31)14-15-42-33/h5-13,20,22-23,27-28,30-31,33,38H,14-19,21H2,1-4H3,(H,36,39)/t27-,28-,30+,31-,33+/m0/s1. The molecule has 2 saturated heterocycles. The summed E-state index contributed by atoms with van der Waals surface area (Å²) in [5.74, 6) is 0.971. The van der Waals surface area contributed by atoms with E-state index in [1.54, 1.807) is 30.5 Å². The topological polar surface area (TPSA) is 140 Å². The highest BCUT2D eigenvalue weighted by Gasteiger charge is 2.44. The summed E-state index contributed by atoms with van der Waals surface area (Å²) in [4.78, 5) is 17.7. The first kappa shape index (κ1) is 34.1. The fourth-order valence-electron chi connectivity index (χ4n) is 5.87. The van der Waals surface area contributed by atoms with E-state index < -0.39 is 34.4 Å². The predicted molar refractivity (Wildman–Crippen MR) is 171 cm³/mol. The lowest BCUT2D eigenvalue weighted by molar-refractivity contribution is -0.0907. The van der Waals surface area contributed by atoms with E-state index in [4.69, 9.17) is 18.6 Å². The number of aromatic nitrogens is 1. The van der Waals surface area contributed by atoms with Crippen molar-refractivity contribution in [1.29, 1.82) is 0 Å². The summed E-state index contributed by atoms with van der Waals surface area (Å²) in [6.45, 7) is 8.73. The lowest BCUT2D eigenvalue weighted by Gasteiger charge is -2.31. The summed E-state index contributed by atoms with van der Waals surface area (Å²) in [6, 6.07) is 15.1. The van der Waals surface area contributed by atoms with Crippen molar-refractivity contribution in [3.8, 4) is 11.3 Å². The molecule has 0 aliphatic carbocycles. The third-order valence-corrected chi connectivity index (χ3v) is 10.0. The smallest absolute Gasteiger partial charge is 0.407 e. The van der Waals surface area contributed by atoms with Gasteiger partial charge in [0.1, 0.15) is 18.1 Å². The summed E-state index contributed by atoms with van der Waals surface area (Å²) in [5, 5.41) is 14.4. The van der Waals surface area contributed by atoms with Gasteiger partial charge in [0.05, 0.1) is 36.2 Å². The van der Waals surface area contributed by atoms with Crippen LogP contribution in [-0.4, -0.2) is 79.7 Å². The van der Waals surface area contributed by atoms with Crippen LogP contribution in [0.2, 0.25) is 0 Å². The van der Waals surface area contributed by atoms with Crippen molar-refractivity contribution in [1.82, 2.24) is 14.6 Å². The minimum Gasteiger partial charge on any atom is -0.448 e. The van der Waals surface area contributed by atoms with E-state index in [9.17, 15) is 18.3 Å². The predicted octanol–water partition coefficient (Wildman–Crippen LogP) is 4.65. The molecule has 11 nitrogen and oxygen atoms in total. The number of aliphatic hydroxyl groups excluding tert-OH is 1. The van der Waals surface area contributed by atoms with Crippen LogP contribution in [0.5, 0.6) is 0 Å². The fourth-order valence-corrected chi connectivity index (χ4v) is 7.49. The number of hydrogen-bond acceptors (Lipinski definition) is 9. The van der Waals surface area contributed by atoms with Gasteiger partial charge in [-0.2, -0.15) is 4.31 Å². The molecular weight excluding hydrogens is 610 g/mol. The Morgan fingerprint density at radius 2 is 1.76 bits per heavy atom. The number of carbonyl (C=O) groups excluding carboxylic acids is 1. The molecule has 5 rings (SSSR count). The molecule has 1 amide bonds. The maximum atomic E-state index is 14.0. The number of benzene rings is 2. The molecule has 1 aromatic heterocycles. The van der Waals surface area contributed by atoms with Gasteiger partial charge < -0.3 is 29.1 Å². The Hall–Kier alpha value is -3.29. The van der Waals surface area contributed by atoms with Crippen molar-refractivity contribution < 1.29 is 36.9 Å². The lowest BCUT2D eigenvalue weighted by atomic mass is 10.0. The number of nitrogens with zero attached hydrogens (tertiary/aromatic N) is 2. The zero-order valence-corrected chi connectivity index (χ0v) is 27.7. The van der Waals surface area contributed by atoms with Crippen LogP contribution in [0.3, 0.4) is 0 Å². The number of fused-ring (bicyclic) bond motifs is 1. The van der Waals surface area contributed by atoms with Gasteiger partial charge in [0.15, 0.2) is 12.2 Å². The zero-order chi connectivity index (χ0) is 32.8. The van der Waals surface area contributed by atoms with E-state index in [0.29, 0.717) is 30.5 Å². The van der Waals surface area contributed by atoms with Crippen molar-refractivity contribution >= 4 is 16.1 Å². The molecule has 2 aromatic carbocycles. The van der Waals surface area contributed by atoms with Gasteiger partial charge >= 0.3 is 6.09 Å². The first-order valence-corrected chi connectivity index (χ1v) is 17.4. The number of amides is 1. The van der Waals surface area contributed by atoms with Crippen LogP contribution >= 0.6 is 0 Å². The quantitative estimate of drug-likeness (QED) is 0.254. The summed E-state index contributed by atoms with van der Waals surface area (Å²) in [5.41, 5.74) is 2.25. The van der Waals surface area contributed by atoms with Crippen molar-refractivity contribution in [2.75, 3.05) is 26.3 Å². The van der Waals surface area contributed by atoms with E-state index in [-0.39, 0.29) is 49.1 Å². The van der Waals surface area contributed by atoms with Crippen LogP contribution in [0, 0.1) is 17.8 Å². The molecule has 0 unspecified atom stereocenters. The molecule has 0 radical (unpaired) electrons. The molecule has 2 aliphatic rings. The average molecular weight is 656 g/mol. The second-order valence-corrected chi connectivity index (χ2v) is 14.9. The first-order chi connectivity index (χ1) is 22.0. The highest BCUT2D eigenvalue weighted by atomic mass is 32.2. The molecule has 46 heavy (non-hydrogen) atoms. The third kappa shape index (κ3) is 8.54. The average Bonchev–Trinajstić information content (AvgIpc) is 3.76. The number of ether oxygens (including phenoxy) is 3. The highest BCUT2D eigenvalue weighted by molar-refractivity contribution is 7.89. The molecular formula is C34H45N3O8S. The maximum absolute atomic E-state index is 14.0. The summed E-state index contributed by atoms with van der Waals surface area (Å²) in [7, 11) is -4.01. The number of nitrogens with one attached hydrogen (secondary N) is 1. The Labute approximate surface area is 271 Å². The molecule has 3 aromatic rings. The monoisotopic (exact) mass is 655 g/mol. The van der Waals surface area contributed by atoms with E-state index >= 15 is 0 Å². The number of sulfonamides is 1. The Morgan fingerprint density at radius 1 is 1.02 bits per heavy atom. The van der Waals surface area contributed by atoms with Crippen molar-refractivity contribution in [3.05, 3.63) is 72.3 Å². The minimum absolute atomic E-state index is 0.0230. The van der Waals surface area contributed by atoms with E-state index in [1.807, 2.05) is 44.2 Å². The van der Waals surface area contributed by atoms with Gasteiger partial charge in [-0.25, -0.2) is 18.2 Å². The van der Waals surface area contributed by atoms with Crippen molar-refractivity contribution in [2.24, 2.45) is 17.8 Å². The second-order valence-electron chi connectivity index (χ2n) is 12.9. The molecule has 2 N–H and O–H groups in total. The van der Waals surface area contributed by atoms with Crippen molar-refractivity contribution in [3.63, 3.8) is 0 Å². The summed E-state index contributed by atoms with van der Waals surface area (Å²) in [6.07, 6.45) is 0.534. The number of alkyl carbamates (subject to hydrolysis) is 1. The molecule has 2 aliphatic heterocycles. The number of hydrogen-bond donors (Lipinski definition) is 2. The zero-order valence-electron chi connectivity index (χ0n) is 26.9. The molecule has 5 atom stereocenters. The Morgan fingerprint density at radius 3 is 2.46 bits per heavy atom.